The number of nitrogens with two attached hydrogens (primary N) is 1. The number of carbonyl (C=O) groups is 11. The molecule has 0 aromatic heterocycles. The molecule has 9 amide bonds. The minimum absolute atomic E-state index is 0.00668. The van der Waals surface area contributed by atoms with Crippen molar-refractivity contribution in [3.63, 3.8) is 0 Å². The molecule has 1 aromatic rings. The molecule has 1 aromatic carbocycles. The summed E-state index contributed by atoms with van der Waals surface area (Å²) in [5.41, 5.74) is 6.15. The van der Waals surface area contributed by atoms with Crippen LogP contribution in [0.1, 0.15) is 78.2 Å². The molecule has 0 aliphatic carbocycles. The van der Waals surface area contributed by atoms with Gasteiger partial charge in [0.25, 0.3) is 11.8 Å². The number of benzene rings is 1. The van der Waals surface area contributed by atoms with E-state index in [0.717, 1.165) is 4.90 Å². The summed E-state index contributed by atoms with van der Waals surface area (Å²) >= 11 is 0. The summed E-state index contributed by atoms with van der Waals surface area (Å²) in [6.45, 7) is 8.02. The Bertz CT molecular complexity index is 2030. The maximum absolute atomic E-state index is 13.9. The van der Waals surface area contributed by atoms with E-state index in [0.29, 0.717) is 11.3 Å². The highest BCUT2D eigenvalue weighted by molar-refractivity contribution is 6.12. The molecule has 2 rings (SSSR count). The van der Waals surface area contributed by atoms with Crippen LogP contribution in [0, 0.1) is 11.8 Å². The molecule has 0 saturated heterocycles. The lowest BCUT2D eigenvalue weighted by Gasteiger charge is -2.28. The first-order chi connectivity index (χ1) is 34.7. The molecule has 26 nitrogen and oxygen atoms in total. The predicted molar refractivity (Wildman–Crippen MR) is 257 cm³/mol. The Labute approximate surface area is 422 Å². The van der Waals surface area contributed by atoms with Crippen LogP contribution in [0.3, 0.4) is 0 Å². The first-order valence-electron chi connectivity index (χ1n) is 23.8. The number of aliphatic carboxylic acids is 2. The number of carbonyl (C=O) groups excluding carboxylic acids is 9. The van der Waals surface area contributed by atoms with Crippen molar-refractivity contribution in [1.29, 1.82) is 0 Å². The van der Waals surface area contributed by atoms with E-state index in [-0.39, 0.29) is 116 Å². The first kappa shape index (κ1) is 62.1. The second kappa shape index (κ2) is 34.4. The average molecular weight is 1040 g/mol. The van der Waals surface area contributed by atoms with Gasteiger partial charge in [-0.15, -0.1) is 0 Å². The van der Waals surface area contributed by atoms with Gasteiger partial charge in [-0.2, -0.15) is 0 Å². The lowest BCUT2D eigenvalue weighted by molar-refractivity contribution is -0.148. The normalized spacial score (nSPS) is 13.7. The Morgan fingerprint density at radius 2 is 1.10 bits per heavy atom. The molecule has 0 spiro atoms. The number of rotatable bonds is 38. The summed E-state index contributed by atoms with van der Waals surface area (Å²) < 4.78 is 26.8. The number of carboxylic acid groups (broad SMARTS) is 2. The van der Waals surface area contributed by atoms with Crippen molar-refractivity contribution in [2.75, 3.05) is 71.3 Å². The number of hydrogen-bond donors (Lipinski definition) is 9. The zero-order valence-corrected chi connectivity index (χ0v) is 41.6. The monoisotopic (exact) mass is 1030 g/mol. The lowest BCUT2D eigenvalue weighted by atomic mass is 10.0. The van der Waals surface area contributed by atoms with Crippen molar-refractivity contribution in [3.8, 4) is 0 Å². The Morgan fingerprint density at radius 1 is 0.603 bits per heavy atom. The molecule has 1 aliphatic heterocycles. The van der Waals surface area contributed by atoms with E-state index >= 15 is 0 Å². The molecule has 0 saturated carbocycles. The topological polar surface area (TPSA) is 376 Å². The van der Waals surface area contributed by atoms with Gasteiger partial charge in [-0.25, -0.2) is 4.79 Å². The zero-order valence-electron chi connectivity index (χ0n) is 41.6. The minimum atomic E-state index is -1.59. The summed E-state index contributed by atoms with van der Waals surface area (Å²) in [6.07, 6.45) is 0.231. The predicted octanol–water partition coefficient (Wildman–Crippen LogP) is -0.521. The number of hydrogen-bond acceptors (Lipinski definition) is 16. The number of nitrogens with zero attached hydrogens (tertiary/aromatic N) is 1. The van der Waals surface area contributed by atoms with Crippen LogP contribution >= 0.6 is 0 Å². The second-order valence-electron chi connectivity index (χ2n) is 17.1. The van der Waals surface area contributed by atoms with Gasteiger partial charge >= 0.3 is 23.9 Å². The van der Waals surface area contributed by atoms with Gasteiger partial charge in [-0.1, -0.05) is 39.8 Å². The van der Waals surface area contributed by atoms with Crippen LogP contribution in [0.25, 0.3) is 0 Å². The van der Waals surface area contributed by atoms with Gasteiger partial charge in [0.15, 0.2) is 0 Å². The van der Waals surface area contributed by atoms with Crippen LogP contribution in [0.5, 0.6) is 0 Å². The van der Waals surface area contributed by atoms with Gasteiger partial charge in [0.1, 0.15) is 30.8 Å². The van der Waals surface area contributed by atoms with Crippen molar-refractivity contribution >= 4 is 71.0 Å². The van der Waals surface area contributed by atoms with Crippen molar-refractivity contribution in [3.05, 3.63) is 42.0 Å². The Hall–Kier alpha value is -7.03. The van der Waals surface area contributed by atoms with E-state index < -0.39 is 103 Å². The van der Waals surface area contributed by atoms with Gasteiger partial charge in [0, 0.05) is 43.6 Å². The summed E-state index contributed by atoms with van der Waals surface area (Å²) in [5.74, 6) is -8.93. The average Bonchev–Trinajstić information content (AvgIpc) is 3.65. The SMILES string of the molecule is CC(C)C(=O)OCc1ccc(NC(=O)[C@H](CCCNC(N)=O)NC(=O)[C@@H](NC(=O)[C@H](CCC(=O)O)NC(=O)[C@H](CCC(=O)O)NC(=O)CCOCCOCCOCCOCCN2C(=O)C=CC2=O)C(C)C)cc1. The molecule has 1 aliphatic rings. The highest BCUT2D eigenvalue weighted by Gasteiger charge is 2.33. The maximum atomic E-state index is 13.9. The number of carboxylic acids is 2. The molecule has 10 N–H and O–H groups in total. The number of amides is 9. The first-order valence-corrected chi connectivity index (χ1v) is 23.8. The van der Waals surface area contributed by atoms with Gasteiger partial charge in [0.05, 0.1) is 65.3 Å². The summed E-state index contributed by atoms with van der Waals surface area (Å²) in [7, 11) is 0. The molecule has 0 radical (unpaired) electrons. The van der Waals surface area contributed by atoms with Crippen LogP contribution in [-0.4, -0.2) is 171 Å². The Morgan fingerprint density at radius 3 is 1.62 bits per heavy atom. The van der Waals surface area contributed by atoms with Gasteiger partial charge in [-0.3, -0.25) is 52.8 Å². The van der Waals surface area contributed by atoms with Crippen molar-refractivity contribution in [2.24, 2.45) is 17.6 Å². The van der Waals surface area contributed by atoms with Gasteiger partial charge in [0.2, 0.25) is 29.5 Å². The number of urea groups is 1. The van der Waals surface area contributed by atoms with Crippen molar-refractivity contribution in [1.82, 2.24) is 31.5 Å². The van der Waals surface area contributed by atoms with Gasteiger partial charge in [-0.05, 0) is 49.3 Å². The van der Waals surface area contributed by atoms with Crippen LogP contribution < -0.4 is 37.6 Å². The van der Waals surface area contributed by atoms with E-state index in [1.807, 2.05) is 0 Å². The standard InChI is InChI=1S/C47H70N8O18/c1-29(2)41(45(66)53-33(6-5-18-49-47(48)68)42(63)50-32-9-7-31(8-10-32)28-73-46(67)30(3)4)54-44(65)35(12-16-40(61)62)52-43(64)34(11-15-39(59)60)51-36(56)17-20-69-22-24-71-26-27-72-25-23-70-21-19-55-37(57)13-14-38(55)58/h7-10,13-14,29-30,33-35,41H,5-6,11-12,15-28H2,1-4H3,(H,50,63)(H,51,56)(H,52,64)(H,53,66)(H,54,65)(H,59,60)(H,61,62)(H3,48,49,68)/t33-,34-,35-,41-/m0/s1. The van der Waals surface area contributed by atoms with Crippen LogP contribution in [0.2, 0.25) is 0 Å². The van der Waals surface area contributed by atoms with Crippen LogP contribution in [0.4, 0.5) is 10.5 Å². The highest BCUT2D eigenvalue weighted by atomic mass is 16.6. The third kappa shape index (κ3) is 26.3. The molecule has 406 valence electrons. The Kier molecular flexibility index (Phi) is 29.2. The fourth-order valence-corrected chi connectivity index (χ4v) is 6.42. The molecule has 4 atom stereocenters. The number of nitrogens with one attached hydrogen (secondary N) is 6. The summed E-state index contributed by atoms with van der Waals surface area (Å²) in [4.78, 5) is 138. The van der Waals surface area contributed by atoms with Gasteiger partial charge < -0.3 is 71.5 Å². The van der Waals surface area contributed by atoms with Crippen molar-refractivity contribution in [2.45, 2.75) is 103 Å². The number of esters is 1. The second-order valence-corrected chi connectivity index (χ2v) is 17.1. The van der Waals surface area contributed by atoms with Crippen LogP contribution in [-0.2, 0) is 78.2 Å². The largest absolute Gasteiger partial charge is 0.481 e. The number of imide groups is 1. The third-order valence-electron chi connectivity index (χ3n) is 10.5. The fourth-order valence-electron chi connectivity index (χ4n) is 6.42. The van der Waals surface area contributed by atoms with E-state index in [2.05, 4.69) is 31.9 Å². The quantitative estimate of drug-likeness (QED) is 0.0229. The molecule has 1 heterocycles. The molecule has 26 heteroatoms. The molecule has 0 fully saturated rings. The minimum Gasteiger partial charge on any atom is -0.481 e. The van der Waals surface area contributed by atoms with Crippen LogP contribution in [0.15, 0.2) is 36.4 Å². The summed E-state index contributed by atoms with van der Waals surface area (Å²) in [5, 5.41) is 33.9. The number of ether oxygens (including phenoxy) is 5. The number of primary amides is 1. The lowest BCUT2D eigenvalue weighted by Crippen LogP contribution is -2.59. The molecule has 0 bridgehead atoms. The van der Waals surface area contributed by atoms with E-state index in [1.54, 1.807) is 52.0 Å². The van der Waals surface area contributed by atoms with E-state index in [9.17, 15) is 63.0 Å². The van der Waals surface area contributed by atoms with Crippen molar-refractivity contribution < 1.29 is 86.6 Å². The zero-order chi connectivity index (χ0) is 54.3. The maximum Gasteiger partial charge on any atom is 0.312 e. The third-order valence-corrected chi connectivity index (χ3v) is 10.5. The van der Waals surface area contributed by atoms with E-state index in [4.69, 9.17) is 29.4 Å². The Balaban J connectivity index is 1.98. The number of anilines is 1. The smallest absolute Gasteiger partial charge is 0.312 e. The summed E-state index contributed by atoms with van der Waals surface area (Å²) in [6, 6.07) is -0.0731. The molecule has 0 unspecified atom stereocenters. The molecular formula is C47H70N8O18. The van der Waals surface area contributed by atoms with E-state index in [1.165, 1.54) is 12.2 Å². The highest BCUT2D eigenvalue weighted by Crippen LogP contribution is 2.14. The fraction of sp³-hybridized carbons (Fsp3) is 0.596. The molecular weight excluding hydrogens is 965 g/mol. The molecule has 73 heavy (non-hydrogen) atoms.